The van der Waals surface area contributed by atoms with E-state index in [2.05, 4.69) is 44.2 Å². The molecule has 1 fully saturated rings. The number of rotatable bonds is 5. The van der Waals surface area contributed by atoms with Crippen LogP contribution in [-0.2, 0) is 0 Å². The highest BCUT2D eigenvalue weighted by Gasteiger charge is 2.32. The van der Waals surface area contributed by atoms with Crippen LogP contribution in [0.5, 0.6) is 0 Å². The van der Waals surface area contributed by atoms with Crippen molar-refractivity contribution in [2.75, 3.05) is 26.0 Å². The molecule has 2 N–H and O–H groups in total. The van der Waals surface area contributed by atoms with Crippen molar-refractivity contribution in [3.63, 3.8) is 0 Å². The molecule has 1 aliphatic carbocycles. The highest BCUT2D eigenvalue weighted by atomic mass is 35.5. The summed E-state index contributed by atoms with van der Waals surface area (Å²) in [6.07, 6.45) is 4.23. The lowest BCUT2D eigenvalue weighted by atomic mass is 10.1. The van der Waals surface area contributed by atoms with Crippen molar-refractivity contribution in [3.8, 4) is 0 Å². The molecule has 7 heteroatoms. The number of aromatic nitrogens is 4. The number of aromatic amines is 1. The van der Waals surface area contributed by atoms with Gasteiger partial charge in [-0.3, -0.25) is 0 Å². The molecule has 0 saturated heterocycles. The van der Waals surface area contributed by atoms with Gasteiger partial charge >= 0.3 is 0 Å². The van der Waals surface area contributed by atoms with Gasteiger partial charge in [0.1, 0.15) is 5.52 Å². The maximum absolute atomic E-state index is 5.91. The second kappa shape index (κ2) is 4.94. The third-order valence-corrected chi connectivity index (χ3v) is 3.74. The Morgan fingerprint density at radius 2 is 2.26 bits per heavy atom. The monoisotopic (exact) mass is 280 g/mol. The van der Waals surface area contributed by atoms with Crippen LogP contribution in [0.2, 0.25) is 5.28 Å². The van der Waals surface area contributed by atoms with Crippen molar-refractivity contribution < 1.29 is 0 Å². The van der Waals surface area contributed by atoms with E-state index < -0.39 is 0 Å². The van der Waals surface area contributed by atoms with Crippen LogP contribution >= 0.6 is 11.6 Å². The van der Waals surface area contributed by atoms with Gasteiger partial charge in [0.2, 0.25) is 5.28 Å². The first-order chi connectivity index (χ1) is 9.15. The van der Waals surface area contributed by atoms with Crippen LogP contribution < -0.4 is 5.32 Å². The maximum Gasteiger partial charge on any atom is 0.226 e. The number of imidazole rings is 1. The Kier molecular flexibility index (Phi) is 3.28. The molecule has 102 valence electrons. The van der Waals surface area contributed by atoms with Gasteiger partial charge < -0.3 is 15.2 Å². The van der Waals surface area contributed by atoms with Gasteiger partial charge in [-0.1, -0.05) is 0 Å². The Hall–Kier alpha value is -1.40. The first-order valence-corrected chi connectivity index (χ1v) is 6.80. The standard InChI is InChI=1S/C12H17ClN6/c1-19(2)8(7-3-4-7)5-14-10-9-11(16-6-15-9)18-12(13)17-10/h6-8H,3-5H2,1-2H3,(H2,14,15,16,17,18). The Morgan fingerprint density at radius 3 is 2.95 bits per heavy atom. The molecule has 1 aliphatic rings. The summed E-state index contributed by atoms with van der Waals surface area (Å²) in [5.74, 6) is 1.51. The molecule has 0 spiro atoms. The minimum Gasteiger partial charge on any atom is -0.367 e. The molecule has 19 heavy (non-hydrogen) atoms. The van der Waals surface area contributed by atoms with Crippen LogP contribution in [0.4, 0.5) is 5.82 Å². The summed E-state index contributed by atoms with van der Waals surface area (Å²) in [6, 6.07) is 0.520. The van der Waals surface area contributed by atoms with E-state index in [0.29, 0.717) is 11.7 Å². The van der Waals surface area contributed by atoms with Gasteiger partial charge in [-0.2, -0.15) is 9.97 Å². The number of hydrogen-bond donors (Lipinski definition) is 2. The molecule has 0 amide bonds. The average molecular weight is 281 g/mol. The molecule has 0 aliphatic heterocycles. The molecule has 2 aromatic rings. The van der Waals surface area contributed by atoms with Crippen LogP contribution in [0.25, 0.3) is 11.2 Å². The van der Waals surface area contributed by atoms with Gasteiger partial charge in [-0.05, 0) is 44.5 Å². The highest BCUT2D eigenvalue weighted by molar-refractivity contribution is 6.28. The molecule has 1 unspecified atom stereocenters. The second-order valence-electron chi connectivity index (χ2n) is 5.19. The van der Waals surface area contributed by atoms with E-state index in [1.165, 1.54) is 12.8 Å². The van der Waals surface area contributed by atoms with Crippen molar-refractivity contribution >= 4 is 28.6 Å². The van der Waals surface area contributed by atoms with Crippen LogP contribution in [0.1, 0.15) is 12.8 Å². The largest absolute Gasteiger partial charge is 0.367 e. The molecular formula is C12H17ClN6. The van der Waals surface area contributed by atoms with Crippen LogP contribution in [0.15, 0.2) is 6.33 Å². The molecule has 1 saturated carbocycles. The molecule has 0 bridgehead atoms. The molecule has 6 nitrogen and oxygen atoms in total. The number of halogens is 1. The molecule has 3 rings (SSSR count). The molecule has 2 heterocycles. The lowest BCUT2D eigenvalue weighted by molar-refractivity contribution is 0.276. The number of nitrogens with one attached hydrogen (secondary N) is 2. The van der Waals surface area contributed by atoms with E-state index in [1.807, 2.05) is 0 Å². The smallest absolute Gasteiger partial charge is 0.226 e. The van der Waals surface area contributed by atoms with Gasteiger partial charge in [-0.25, -0.2) is 4.98 Å². The van der Waals surface area contributed by atoms with Gasteiger partial charge in [0.15, 0.2) is 11.5 Å². The Bertz CT molecular complexity index is 575. The predicted octanol–water partition coefficient (Wildman–Crippen LogP) is 1.76. The fourth-order valence-electron chi connectivity index (χ4n) is 2.39. The van der Waals surface area contributed by atoms with E-state index in [4.69, 9.17) is 11.6 Å². The Morgan fingerprint density at radius 1 is 1.47 bits per heavy atom. The van der Waals surface area contributed by atoms with Gasteiger partial charge in [0.25, 0.3) is 0 Å². The second-order valence-corrected chi connectivity index (χ2v) is 5.53. The number of hydrogen-bond acceptors (Lipinski definition) is 5. The summed E-state index contributed by atoms with van der Waals surface area (Å²) in [6.45, 7) is 0.846. The minimum absolute atomic E-state index is 0.218. The van der Waals surface area contributed by atoms with Crippen molar-refractivity contribution in [1.29, 1.82) is 0 Å². The summed E-state index contributed by atoms with van der Waals surface area (Å²) in [4.78, 5) is 17.7. The lowest BCUT2D eigenvalue weighted by Crippen LogP contribution is -2.36. The van der Waals surface area contributed by atoms with Gasteiger partial charge in [-0.15, -0.1) is 0 Å². The number of nitrogens with zero attached hydrogens (tertiary/aromatic N) is 4. The SMILES string of the molecule is CN(C)C(CNc1nc(Cl)nc2nc[nH]c12)C1CC1. The first kappa shape index (κ1) is 12.6. The number of H-pyrrole nitrogens is 1. The maximum atomic E-state index is 5.91. The zero-order chi connectivity index (χ0) is 13.4. The molecule has 1 atom stereocenters. The van der Waals surface area contributed by atoms with E-state index in [-0.39, 0.29) is 5.28 Å². The molecule has 0 aromatic carbocycles. The van der Waals surface area contributed by atoms with Crippen LogP contribution in [-0.4, -0.2) is 51.5 Å². The van der Waals surface area contributed by atoms with Crippen LogP contribution in [0.3, 0.4) is 0 Å². The third kappa shape index (κ3) is 2.64. The quantitative estimate of drug-likeness (QED) is 0.817. The number of anilines is 1. The third-order valence-electron chi connectivity index (χ3n) is 3.57. The van der Waals surface area contributed by atoms with Crippen LogP contribution in [0, 0.1) is 5.92 Å². The summed E-state index contributed by atoms with van der Waals surface area (Å²) < 4.78 is 0. The molecular weight excluding hydrogens is 264 g/mol. The van der Waals surface area contributed by atoms with E-state index >= 15 is 0 Å². The Labute approximate surface area is 116 Å². The average Bonchev–Trinajstić information content (AvgIpc) is 3.06. The molecule has 0 radical (unpaired) electrons. The fourth-order valence-corrected chi connectivity index (χ4v) is 2.55. The highest BCUT2D eigenvalue weighted by Crippen LogP contribution is 2.34. The minimum atomic E-state index is 0.218. The predicted molar refractivity (Wildman–Crippen MR) is 75.4 cm³/mol. The van der Waals surface area contributed by atoms with Crippen molar-refractivity contribution in [2.45, 2.75) is 18.9 Å². The van der Waals surface area contributed by atoms with Crippen molar-refractivity contribution in [2.24, 2.45) is 5.92 Å². The fraction of sp³-hybridized carbons (Fsp3) is 0.583. The van der Waals surface area contributed by atoms with Crippen molar-refractivity contribution in [1.82, 2.24) is 24.8 Å². The Balaban J connectivity index is 1.79. The zero-order valence-electron chi connectivity index (χ0n) is 11.0. The summed E-state index contributed by atoms with van der Waals surface area (Å²) in [5, 5.41) is 3.59. The topological polar surface area (TPSA) is 69.7 Å². The summed E-state index contributed by atoms with van der Waals surface area (Å²) in [5.41, 5.74) is 1.40. The lowest BCUT2D eigenvalue weighted by Gasteiger charge is -2.24. The van der Waals surface area contributed by atoms with Gasteiger partial charge in [0, 0.05) is 12.6 Å². The van der Waals surface area contributed by atoms with E-state index in [0.717, 1.165) is 23.8 Å². The zero-order valence-corrected chi connectivity index (χ0v) is 11.8. The normalized spacial score (nSPS) is 17.1. The van der Waals surface area contributed by atoms with E-state index in [9.17, 15) is 0 Å². The summed E-state index contributed by atoms with van der Waals surface area (Å²) in [7, 11) is 4.23. The number of likely N-dealkylation sites (N-methyl/N-ethyl adjacent to an activating group) is 1. The first-order valence-electron chi connectivity index (χ1n) is 6.42. The summed E-state index contributed by atoms with van der Waals surface area (Å²) >= 11 is 5.91. The van der Waals surface area contributed by atoms with E-state index in [1.54, 1.807) is 6.33 Å². The molecule has 2 aromatic heterocycles. The van der Waals surface area contributed by atoms with Crippen molar-refractivity contribution in [3.05, 3.63) is 11.6 Å². The van der Waals surface area contributed by atoms with Gasteiger partial charge in [0.05, 0.1) is 6.33 Å². The number of fused-ring (bicyclic) bond motifs is 1.